The van der Waals surface area contributed by atoms with Gasteiger partial charge in [0.15, 0.2) is 6.61 Å². The number of alkyl carbamates (subject to hydrolysis) is 1. The Labute approximate surface area is 154 Å². The Morgan fingerprint density at radius 2 is 1.88 bits per heavy atom. The van der Waals surface area contributed by atoms with Crippen LogP contribution in [0.4, 0.5) is 4.79 Å². The van der Waals surface area contributed by atoms with Gasteiger partial charge in [0.25, 0.3) is 5.91 Å². The van der Waals surface area contributed by atoms with Gasteiger partial charge in [0, 0.05) is 10.9 Å². The van der Waals surface area contributed by atoms with E-state index in [9.17, 15) is 14.4 Å². The predicted octanol–water partition coefficient (Wildman–Crippen LogP) is 2.18. The number of methoxy groups -OCH3 is 1. The summed E-state index contributed by atoms with van der Waals surface area (Å²) in [6.07, 6.45) is -0.948. The molecule has 26 heavy (non-hydrogen) atoms. The zero-order valence-corrected chi connectivity index (χ0v) is 15.1. The van der Waals surface area contributed by atoms with Crippen LogP contribution in [0.15, 0.2) is 29.6 Å². The van der Waals surface area contributed by atoms with E-state index in [2.05, 4.69) is 9.72 Å². The van der Waals surface area contributed by atoms with Crippen molar-refractivity contribution in [2.75, 3.05) is 20.3 Å². The third-order valence-electron chi connectivity index (χ3n) is 3.10. The molecule has 8 nitrogen and oxygen atoms in total. The minimum atomic E-state index is -0.878. The highest BCUT2D eigenvalue weighted by Crippen LogP contribution is 2.25. The van der Waals surface area contributed by atoms with Crippen LogP contribution in [0.2, 0.25) is 0 Å². The minimum absolute atomic E-state index is 0.0701. The summed E-state index contributed by atoms with van der Waals surface area (Å²) in [5, 5.41) is 4.44. The number of hydrogen-bond donors (Lipinski definition) is 1. The van der Waals surface area contributed by atoms with Gasteiger partial charge in [0.1, 0.15) is 10.8 Å². The summed E-state index contributed by atoms with van der Waals surface area (Å²) >= 11 is 1.40. The quantitative estimate of drug-likeness (QED) is 0.736. The van der Waals surface area contributed by atoms with Crippen molar-refractivity contribution >= 4 is 29.3 Å². The lowest BCUT2D eigenvalue weighted by Gasteiger charge is -2.05. The van der Waals surface area contributed by atoms with E-state index in [0.717, 1.165) is 16.3 Å². The zero-order chi connectivity index (χ0) is 18.9. The molecule has 138 valence electrons. The normalized spacial score (nSPS) is 10.1. The van der Waals surface area contributed by atoms with Crippen LogP contribution < -0.4 is 10.1 Å². The Balaban J connectivity index is 1.83. The van der Waals surface area contributed by atoms with Gasteiger partial charge in [-0.25, -0.2) is 9.78 Å². The Morgan fingerprint density at radius 3 is 2.54 bits per heavy atom. The second-order valence-electron chi connectivity index (χ2n) is 4.98. The van der Waals surface area contributed by atoms with Gasteiger partial charge in [-0.3, -0.25) is 14.9 Å². The lowest BCUT2D eigenvalue weighted by atomic mass is 10.2. The van der Waals surface area contributed by atoms with E-state index in [1.807, 2.05) is 29.6 Å². The number of benzene rings is 1. The molecule has 0 saturated heterocycles. The Hall–Kier alpha value is -2.94. The highest BCUT2D eigenvalue weighted by Gasteiger charge is 2.14. The Bertz CT molecular complexity index is 772. The summed E-state index contributed by atoms with van der Waals surface area (Å²) in [4.78, 5) is 38.6. The predicted molar refractivity (Wildman–Crippen MR) is 93.9 cm³/mol. The number of nitrogens with one attached hydrogen (secondary N) is 1. The monoisotopic (exact) mass is 378 g/mol. The molecule has 0 aliphatic heterocycles. The summed E-state index contributed by atoms with van der Waals surface area (Å²) < 4.78 is 14.5. The van der Waals surface area contributed by atoms with Crippen molar-refractivity contribution in [1.82, 2.24) is 10.3 Å². The maximum absolute atomic E-state index is 11.8. The third-order valence-corrected chi connectivity index (χ3v) is 4.04. The first-order chi connectivity index (χ1) is 12.5. The Morgan fingerprint density at radius 1 is 1.15 bits per heavy atom. The van der Waals surface area contributed by atoms with Crippen molar-refractivity contribution in [1.29, 1.82) is 0 Å². The minimum Gasteiger partial charge on any atom is -0.497 e. The smallest absolute Gasteiger partial charge is 0.413 e. The number of rotatable bonds is 7. The highest BCUT2D eigenvalue weighted by atomic mass is 32.1. The van der Waals surface area contributed by atoms with E-state index in [1.54, 1.807) is 19.4 Å². The molecule has 1 N–H and O–H groups in total. The van der Waals surface area contributed by atoms with Crippen LogP contribution in [0, 0.1) is 0 Å². The van der Waals surface area contributed by atoms with Crippen LogP contribution in [0.5, 0.6) is 5.75 Å². The van der Waals surface area contributed by atoms with Crippen LogP contribution in [-0.2, 0) is 25.5 Å². The molecule has 0 aliphatic rings. The first kappa shape index (κ1) is 19.4. The average Bonchev–Trinajstić information content (AvgIpc) is 3.08. The standard InChI is InChI=1S/C17H18N2O6S/c1-3-24-17(22)19-14(20)9-25-15(21)8-12-10-26-16(18-12)11-4-6-13(23-2)7-5-11/h4-7,10H,3,8-9H2,1-2H3,(H,19,20,22). The molecule has 2 amide bonds. The highest BCUT2D eigenvalue weighted by molar-refractivity contribution is 7.13. The van der Waals surface area contributed by atoms with Crippen molar-refractivity contribution in [2.45, 2.75) is 13.3 Å². The van der Waals surface area contributed by atoms with E-state index >= 15 is 0 Å². The molecule has 0 saturated carbocycles. The summed E-state index contributed by atoms with van der Waals surface area (Å²) in [7, 11) is 1.59. The number of ether oxygens (including phenoxy) is 3. The molecule has 2 aromatic rings. The molecular weight excluding hydrogens is 360 g/mol. The lowest BCUT2D eigenvalue weighted by Crippen LogP contribution is -2.34. The van der Waals surface area contributed by atoms with Crippen molar-refractivity contribution in [2.24, 2.45) is 0 Å². The van der Waals surface area contributed by atoms with Crippen LogP contribution in [0.3, 0.4) is 0 Å². The number of carbonyl (C=O) groups excluding carboxylic acids is 3. The van der Waals surface area contributed by atoms with Gasteiger partial charge < -0.3 is 14.2 Å². The number of hydrogen-bond acceptors (Lipinski definition) is 8. The number of esters is 1. The molecule has 0 radical (unpaired) electrons. The molecular formula is C17H18N2O6S. The molecule has 2 rings (SSSR count). The van der Waals surface area contributed by atoms with E-state index in [0.29, 0.717) is 5.69 Å². The average molecular weight is 378 g/mol. The van der Waals surface area contributed by atoms with Crippen molar-refractivity contribution in [3.05, 3.63) is 35.3 Å². The Kier molecular flexibility index (Phi) is 7.10. The van der Waals surface area contributed by atoms with E-state index in [1.165, 1.54) is 11.3 Å². The van der Waals surface area contributed by atoms with E-state index < -0.39 is 24.6 Å². The summed E-state index contributed by atoms with van der Waals surface area (Å²) in [5.41, 5.74) is 1.45. The largest absolute Gasteiger partial charge is 0.497 e. The fourth-order valence-corrected chi connectivity index (χ4v) is 2.74. The zero-order valence-electron chi connectivity index (χ0n) is 14.3. The SMILES string of the molecule is CCOC(=O)NC(=O)COC(=O)Cc1csc(-c2ccc(OC)cc2)n1. The van der Waals surface area contributed by atoms with Gasteiger partial charge in [-0.15, -0.1) is 11.3 Å². The second-order valence-corrected chi connectivity index (χ2v) is 5.84. The van der Waals surface area contributed by atoms with E-state index in [-0.39, 0.29) is 13.0 Å². The number of amides is 2. The van der Waals surface area contributed by atoms with Crippen LogP contribution in [0.1, 0.15) is 12.6 Å². The summed E-state index contributed by atoms with van der Waals surface area (Å²) in [5.74, 6) is -0.625. The van der Waals surface area contributed by atoms with Gasteiger partial charge in [-0.2, -0.15) is 0 Å². The third kappa shape index (κ3) is 5.85. The van der Waals surface area contributed by atoms with Crippen molar-refractivity contribution < 1.29 is 28.6 Å². The number of carbonyl (C=O) groups is 3. The number of aromatic nitrogens is 1. The van der Waals surface area contributed by atoms with Gasteiger partial charge in [0.2, 0.25) is 0 Å². The fraction of sp³-hybridized carbons (Fsp3) is 0.294. The fourth-order valence-electron chi connectivity index (χ4n) is 1.92. The maximum Gasteiger partial charge on any atom is 0.413 e. The molecule has 0 atom stereocenters. The number of thiazole rings is 1. The van der Waals surface area contributed by atoms with Crippen LogP contribution in [-0.4, -0.2) is 43.3 Å². The topological polar surface area (TPSA) is 104 Å². The molecule has 0 spiro atoms. The van der Waals surface area contributed by atoms with Crippen LogP contribution in [0.25, 0.3) is 10.6 Å². The molecule has 1 aromatic heterocycles. The lowest BCUT2D eigenvalue weighted by molar-refractivity contribution is -0.147. The molecule has 0 bridgehead atoms. The van der Waals surface area contributed by atoms with Crippen molar-refractivity contribution in [3.63, 3.8) is 0 Å². The second kappa shape index (κ2) is 9.52. The number of nitrogens with zero attached hydrogens (tertiary/aromatic N) is 1. The van der Waals surface area contributed by atoms with Crippen LogP contribution >= 0.6 is 11.3 Å². The van der Waals surface area contributed by atoms with E-state index in [4.69, 9.17) is 9.47 Å². The van der Waals surface area contributed by atoms with Gasteiger partial charge >= 0.3 is 12.1 Å². The molecule has 0 aliphatic carbocycles. The molecule has 0 fully saturated rings. The maximum atomic E-state index is 11.8. The van der Waals surface area contributed by atoms with Gasteiger partial charge in [-0.05, 0) is 31.2 Å². The van der Waals surface area contributed by atoms with Gasteiger partial charge in [-0.1, -0.05) is 0 Å². The first-order valence-corrected chi connectivity index (χ1v) is 8.60. The summed E-state index contributed by atoms with van der Waals surface area (Å²) in [6, 6.07) is 7.40. The molecule has 0 unspecified atom stereocenters. The molecule has 1 aromatic carbocycles. The van der Waals surface area contributed by atoms with Crippen molar-refractivity contribution in [3.8, 4) is 16.3 Å². The first-order valence-electron chi connectivity index (χ1n) is 7.73. The molecule has 1 heterocycles. The molecule has 9 heteroatoms. The summed E-state index contributed by atoms with van der Waals surface area (Å²) in [6.45, 7) is 1.19. The van der Waals surface area contributed by atoms with Gasteiger partial charge in [0.05, 0.1) is 25.8 Å². The number of imide groups is 1.